The van der Waals surface area contributed by atoms with Gasteiger partial charge in [0.05, 0.1) is 17.3 Å². The minimum atomic E-state index is -0.561. The molecule has 8 heteroatoms. The molecule has 4 aliphatic rings. The van der Waals surface area contributed by atoms with Crippen LogP contribution in [0.2, 0.25) is 0 Å². The summed E-state index contributed by atoms with van der Waals surface area (Å²) < 4.78 is 0. The van der Waals surface area contributed by atoms with Crippen molar-refractivity contribution in [3.8, 4) is 11.3 Å². The molecule has 3 unspecified atom stereocenters. The van der Waals surface area contributed by atoms with Crippen LogP contribution in [0.3, 0.4) is 0 Å². The molecular formula is C53H52N8. The zero-order chi connectivity index (χ0) is 41.6. The van der Waals surface area contributed by atoms with Crippen molar-refractivity contribution in [2.24, 2.45) is 5.41 Å². The highest BCUT2D eigenvalue weighted by Gasteiger charge is 2.73. The molecule has 0 fully saturated rings. The highest BCUT2D eigenvalue weighted by Crippen LogP contribution is 2.71. The first-order valence-corrected chi connectivity index (χ1v) is 22.1. The number of hydrogen-bond donors (Lipinski definition) is 0. The first-order chi connectivity index (χ1) is 29.8. The molecule has 304 valence electrons. The van der Waals surface area contributed by atoms with E-state index >= 15 is 0 Å². The fraction of sp³-hybridized carbons (Fsp3) is 0.283. The third-order valence-corrected chi connectivity index (χ3v) is 14.4. The lowest BCUT2D eigenvalue weighted by Gasteiger charge is -2.66. The number of aromatic nitrogens is 4. The molecule has 6 heterocycles. The Balaban J connectivity index is 1.28. The molecule has 0 aliphatic carbocycles. The summed E-state index contributed by atoms with van der Waals surface area (Å²) in [5.41, 5.74) is 11.0. The minimum Gasteiger partial charge on any atom is -0.301 e. The molecule has 4 aliphatic heterocycles. The summed E-state index contributed by atoms with van der Waals surface area (Å²) in [6.45, 7) is 14.0. The molecule has 5 aromatic carbocycles. The van der Waals surface area contributed by atoms with E-state index in [1.165, 1.54) is 39.2 Å². The number of para-hydroxylation sites is 4. The van der Waals surface area contributed by atoms with Crippen molar-refractivity contribution >= 4 is 46.0 Å². The van der Waals surface area contributed by atoms with Gasteiger partial charge in [-0.2, -0.15) is 0 Å². The van der Waals surface area contributed by atoms with E-state index in [1.54, 1.807) is 0 Å². The SMILES string of the molecule is CCC1(CC)c2ccccc2N2c3nc(-c4c(C(C)C)cccc4C(C)C)cnc3N(c3ccccc3)C2C12Cc1ccccc1N1c3nccnc3N(c3ccccc3)C12. The molecule has 2 aromatic heterocycles. The van der Waals surface area contributed by atoms with Crippen LogP contribution < -0.4 is 19.6 Å². The predicted octanol–water partition coefficient (Wildman–Crippen LogP) is 12.7. The summed E-state index contributed by atoms with van der Waals surface area (Å²) in [5, 5.41) is 0. The van der Waals surface area contributed by atoms with Crippen LogP contribution in [0.1, 0.15) is 88.5 Å². The number of nitrogens with zero attached hydrogens (tertiary/aromatic N) is 8. The zero-order valence-corrected chi connectivity index (χ0v) is 35.9. The van der Waals surface area contributed by atoms with Gasteiger partial charge in [-0.1, -0.05) is 133 Å². The molecule has 0 bridgehead atoms. The second-order valence-electron chi connectivity index (χ2n) is 17.8. The topological polar surface area (TPSA) is 64.5 Å². The van der Waals surface area contributed by atoms with Gasteiger partial charge in [-0.05, 0) is 89.8 Å². The van der Waals surface area contributed by atoms with E-state index in [-0.39, 0.29) is 17.7 Å². The number of benzene rings is 5. The molecule has 0 N–H and O–H groups in total. The third-order valence-electron chi connectivity index (χ3n) is 14.4. The fourth-order valence-electron chi connectivity index (χ4n) is 12.0. The van der Waals surface area contributed by atoms with E-state index < -0.39 is 5.41 Å². The first-order valence-electron chi connectivity index (χ1n) is 22.1. The van der Waals surface area contributed by atoms with E-state index in [0.29, 0.717) is 11.8 Å². The summed E-state index contributed by atoms with van der Waals surface area (Å²) in [6, 6.07) is 46.7. The molecule has 7 aromatic rings. The lowest BCUT2D eigenvalue weighted by Crippen LogP contribution is -2.75. The highest BCUT2D eigenvalue weighted by atomic mass is 15.5. The van der Waals surface area contributed by atoms with Gasteiger partial charge in [0.25, 0.3) is 0 Å². The largest absolute Gasteiger partial charge is 0.301 e. The maximum Gasteiger partial charge on any atom is 0.179 e. The fourth-order valence-corrected chi connectivity index (χ4v) is 12.0. The van der Waals surface area contributed by atoms with Gasteiger partial charge in [-0.3, -0.25) is 0 Å². The Morgan fingerprint density at radius 1 is 0.541 bits per heavy atom. The van der Waals surface area contributed by atoms with Crippen molar-refractivity contribution in [2.45, 2.75) is 90.4 Å². The van der Waals surface area contributed by atoms with Crippen molar-refractivity contribution in [2.75, 3.05) is 19.6 Å². The van der Waals surface area contributed by atoms with Crippen LogP contribution in [-0.4, -0.2) is 32.3 Å². The monoisotopic (exact) mass is 800 g/mol. The van der Waals surface area contributed by atoms with Crippen LogP contribution >= 0.6 is 0 Å². The smallest absolute Gasteiger partial charge is 0.179 e. The van der Waals surface area contributed by atoms with Crippen LogP contribution in [0, 0.1) is 5.41 Å². The van der Waals surface area contributed by atoms with Gasteiger partial charge >= 0.3 is 0 Å². The second kappa shape index (κ2) is 14.0. The predicted molar refractivity (Wildman–Crippen MR) is 248 cm³/mol. The number of hydrogen-bond acceptors (Lipinski definition) is 8. The zero-order valence-electron chi connectivity index (χ0n) is 35.9. The van der Waals surface area contributed by atoms with Gasteiger partial charge in [0.2, 0.25) is 0 Å². The second-order valence-corrected chi connectivity index (χ2v) is 17.8. The van der Waals surface area contributed by atoms with Crippen LogP contribution in [-0.2, 0) is 11.8 Å². The third kappa shape index (κ3) is 5.05. The van der Waals surface area contributed by atoms with Crippen molar-refractivity contribution in [1.29, 1.82) is 0 Å². The summed E-state index contributed by atoms with van der Waals surface area (Å²) in [6.07, 6.45) is 7.88. The highest BCUT2D eigenvalue weighted by molar-refractivity contribution is 5.92. The van der Waals surface area contributed by atoms with E-state index in [2.05, 4.69) is 189 Å². The quantitative estimate of drug-likeness (QED) is 0.158. The maximum atomic E-state index is 5.86. The average molecular weight is 801 g/mol. The Kier molecular flexibility index (Phi) is 8.61. The lowest BCUT2D eigenvalue weighted by molar-refractivity contribution is 0.0313. The van der Waals surface area contributed by atoms with Crippen LogP contribution in [0.15, 0.2) is 146 Å². The van der Waals surface area contributed by atoms with Crippen molar-refractivity contribution in [3.63, 3.8) is 0 Å². The summed E-state index contributed by atoms with van der Waals surface area (Å²) >= 11 is 0. The summed E-state index contributed by atoms with van der Waals surface area (Å²) in [7, 11) is 0. The Bertz CT molecular complexity index is 2760. The maximum absolute atomic E-state index is 5.86. The van der Waals surface area contributed by atoms with E-state index in [0.717, 1.165) is 59.6 Å². The normalized spacial score (nSPS) is 20.4. The van der Waals surface area contributed by atoms with Gasteiger partial charge < -0.3 is 19.6 Å². The molecule has 0 amide bonds. The Hall–Kier alpha value is -6.54. The minimum absolute atomic E-state index is 0.239. The van der Waals surface area contributed by atoms with Gasteiger partial charge in [0.15, 0.2) is 23.3 Å². The molecule has 1 spiro atoms. The summed E-state index contributed by atoms with van der Waals surface area (Å²) in [4.78, 5) is 32.0. The van der Waals surface area contributed by atoms with E-state index in [1.807, 2.05) is 18.6 Å². The molecule has 0 radical (unpaired) electrons. The standard InChI is InChI=1S/C53H52N8/c1-7-52(8-2)41-27-16-18-29-44(41)61-49-48(56-33-42(57-49)45-39(34(3)4)25-19-26-40(45)35(5)6)59(38-23-13-10-14-24-38)51(61)53(52)32-36-20-15-17-28-43(36)60-47-46(54-30-31-55-47)58(50(53)60)37-21-11-9-12-22-37/h9-31,33-35,50-51H,7-8,32H2,1-6H3. The Labute approximate surface area is 359 Å². The molecule has 0 saturated heterocycles. The number of rotatable bonds is 7. The van der Waals surface area contributed by atoms with Gasteiger partial charge in [-0.15, -0.1) is 0 Å². The van der Waals surface area contributed by atoms with E-state index in [4.69, 9.17) is 19.9 Å². The van der Waals surface area contributed by atoms with Crippen molar-refractivity contribution in [1.82, 2.24) is 19.9 Å². The summed E-state index contributed by atoms with van der Waals surface area (Å²) in [5.74, 6) is 4.13. The van der Waals surface area contributed by atoms with Crippen molar-refractivity contribution < 1.29 is 0 Å². The van der Waals surface area contributed by atoms with Crippen LogP contribution in [0.25, 0.3) is 11.3 Å². The van der Waals surface area contributed by atoms with Gasteiger partial charge in [0.1, 0.15) is 12.3 Å². The molecule has 0 saturated carbocycles. The van der Waals surface area contributed by atoms with Crippen LogP contribution in [0.5, 0.6) is 0 Å². The first kappa shape index (κ1) is 37.5. The van der Waals surface area contributed by atoms with Crippen LogP contribution in [0.4, 0.5) is 46.0 Å². The average Bonchev–Trinajstić information content (AvgIpc) is 3.84. The molecule has 3 atom stereocenters. The van der Waals surface area contributed by atoms with E-state index in [9.17, 15) is 0 Å². The number of anilines is 8. The Morgan fingerprint density at radius 2 is 1.05 bits per heavy atom. The van der Waals surface area contributed by atoms with Crippen molar-refractivity contribution in [3.05, 3.63) is 168 Å². The lowest BCUT2D eigenvalue weighted by atomic mass is 9.48. The number of fused-ring (bicyclic) bond motifs is 12. The van der Waals surface area contributed by atoms with Gasteiger partial charge in [-0.25, -0.2) is 19.9 Å². The molecular weight excluding hydrogens is 749 g/mol. The molecule has 8 nitrogen and oxygen atoms in total. The van der Waals surface area contributed by atoms with Gasteiger partial charge in [0, 0.05) is 46.1 Å². The molecule has 61 heavy (non-hydrogen) atoms. The Morgan fingerprint density at radius 3 is 1.64 bits per heavy atom. The molecule has 11 rings (SSSR count).